The number of nitrogens with one attached hydrogen (secondary N) is 1. The molecule has 0 aromatic carbocycles. The molecule has 0 aliphatic carbocycles. The molecule has 0 aromatic heterocycles. The van der Waals surface area contributed by atoms with E-state index in [0.717, 1.165) is 31.5 Å². The van der Waals surface area contributed by atoms with Gasteiger partial charge in [-0.1, -0.05) is 32.0 Å². The van der Waals surface area contributed by atoms with Gasteiger partial charge in [0, 0.05) is 13.0 Å². The van der Waals surface area contributed by atoms with Gasteiger partial charge in [0.15, 0.2) is 5.78 Å². The minimum absolute atomic E-state index is 0.0365. The standard InChI is InChI=1S/C10H19NO2.CH3NS/c1-2-3-4-5-10(12)9-8-13-7-6-11-9;2-1-3/h9,11H,2-8H2,1H3;1H,(H2,2,3). The molecule has 5 heteroatoms. The minimum atomic E-state index is -0.0365. The second-order valence-electron chi connectivity index (χ2n) is 3.64. The largest absolute Gasteiger partial charge is 0.396 e. The highest BCUT2D eigenvalue weighted by atomic mass is 32.1. The number of nitrogens with two attached hydrogens (primary N) is 1. The van der Waals surface area contributed by atoms with Gasteiger partial charge in [-0.25, -0.2) is 0 Å². The predicted molar refractivity (Wildman–Crippen MR) is 69.6 cm³/mol. The molecule has 0 bridgehead atoms. The van der Waals surface area contributed by atoms with Crippen LogP contribution in [0.5, 0.6) is 0 Å². The van der Waals surface area contributed by atoms with Crippen LogP contribution < -0.4 is 11.1 Å². The average Bonchev–Trinajstić information content (AvgIpc) is 2.31. The van der Waals surface area contributed by atoms with E-state index >= 15 is 0 Å². The lowest BCUT2D eigenvalue weighted by molar-refractivity contribution is -0.123. The highest BCUT2D eigenvalue weighted by Crippen LogP contribution is 2.04. The molecule has 16 heavy (non-hydrogen) atoms. The average molecular weight is 246 g/mol. The molecule has 1 aliphatic rings. The van der Waals surface area contributed by atoms with Crippen LogP contribution in [-0.2, 0) is 9.53 Å². The van der Waals surface area contributed by atoms with E-state index in [1.807, 2.05) is 0 Å². The lowest BCUT2D eigenvalue weighted by Gasteiger charge is -2.22. The molecule has 1 unspecified atom stereocenters. The van der Waals surface area contributed by atoms with E-state index < -0.39 is 0 Å². The lowest BCUT2D eigenvalue weighted by atomic mass is 10.1. The van der Waals surface area contributed by atoms with Crippen molar-refractivity contribution in [2.24, 2.45) is 5.73 Å². The molecule has 0 saturated carbocycles. The Morgan fingerprint density at radius 3 is 2.81 bits per heavy atom. The quantitative estimate of drug-likeness (QED) is 0.560. The van der Waals surface area contributed by atoms with Crippen LogP contribution in [0.15, 0.2) is 0 Å². The molecule has 0 radical (unpaired) electrons. The van der Waals surface area contributed by atoms with Gasteiger partial charge >= 0.3 is 0 Å². The molecule has 1 heterocycles. The number of morpholine rings is 1. The first kappa shape index (κ1) is 15.5. The summed E-state index contributed by atoms with van der Waals surface area (Å²) in [7, 11) is 0. The van der Waals surface area contributed by atoms with E-state index in [-0.39, 0.29) is 6.04 Å². The van der Waals surface area contributed by atoms with Crippen molar-refractivity contribution in [1.82, 2.24) is 5.32 Å². The van der Waals surface area contributed by atoms with Crippen LogP contribution in [0.1, 0.15) is 32.6 Å². The zero-order valence-electron chi connectivity index (χ0n) is 9.91. The summed E-state index contributed by atoms with van der Waals surface area (Å²) in [6, 6.07) is -0.0365. The molecule has 3 N–H and O–H groups in total. The predicted octanol–water partition coefficient (Wildman–Crippen LogP) is 1.03. The number of Topliss-reactive ketones (excluding diaryl/α,β-unsaturated/α-hetero) is 1. The van der Waals surface area contributed by atoms with Crippen molar-refractivity contribution in [1.29, 1.82) is 0 Å². The molecule has 94 valence electrons. The second kappa shape index (κ2) is 11.0. The number of unbranched alkanes of at least 4 members (excludes halogenated alkanes) is 2. The zero-order valence-corrected chi connectivity index (χ0v) is 10.7. The monoisotopic (exact) mass is 246 g/mol. The van der Waals surface area contributed by atoms with Crippen molar-refractivity contribution in [3.63, 3.8) is 0 Å². The smallest absolute Gasteiger partial charge is 0.152 e. The van der Waals surface area contributed by atoms with E-state index in [0.29, 0.717) is 18.8 Å². The highest BCUT2D eigenvalue weighted by molar-refractivity contribution is 7.78. The number of ketones is 1. The van der Waals surface area contributed by atoms with Gasteiger partial charge in [-0.15, -0.1) is 0 Å². The van der Waals surface area contributed by atoms with Gasteiger partial charge in [0.25, 0.3) is 0 Å². The molecule has 1 fully saturated rings. The van der Waals surface area contributed by atoms with Crippen LogP contribution in [0.3, 0.4) is 0 Å². The summed E-state index contributed by atoms with van der Waals surface area (Å²) < 4.78 is 5.23. The van der Waals surface area contributed by atoms with Crippen LogP contribution in [0.2, 0.25) is 0 Å². The summed E-state index contributed by atoms with van der Waals surface area (Å²) in [6.07, 6.45) is 4.05. The number of thiocarbonyl (C=S) groups is 1. The van der Waals surface area contributed by atoms with E-state index in [1.165, 1.54) is 6.42 Å². The maximum atomic E-state index is 11.5. The van der Waals surface area contributed by atoms with Crippen molar-refractivity contribution in [3.05, 3.63) is 0 Å². The van der Waals surface area contributed by atoms with E-state index in [1.54, 1.807) is 0 Å². The number of ether oxygens (including phenoxy) is 1. The lowest BCUT2D eigenvalue weighted by Crippen LogP contribution is -2.46. The van der Waals surface area contributed by atoms with Crippen molar-refractivity contribution in [2.45, 2.75) is 38.6 Å². The van der Waals surface area contributed by atoms with Gasteiger partial charge in [0.2, 0.25) is 0 Å². The SMILES string of the molecule is CCCCCC(=O)C1COCCN1.NC=S. The Kier molecular flexibility index (Phi) is 10.6. The van der Waals surface area contributed by atoms with Gasteiger partial charge in [-0.2, -0.15) is 0 Å². The molecule has 1 atom stereocenters. The fourth-order valence-corrected chi connectivity index (χ4v) is 1.50. The third-order valence-electron chi connectivity index (χ3n) is 2.34. The first-order valence-electron chi connectivity index (χ1n) is 5.75. The molecule has 1 rings (SSSR count). The Morgan fingerprint density at radius 2 is 2.31 bits per heavy atom. The molecular formula is C11H22N2O2S. The van der Waals surface area contributed by atoms with Crippen LogP contribution in [0.4, 0.5) is 0 Å². The molecule has 1 saturated heterocycles. The Bertz CT molecular complexity index is 194. The maximum absolute atomic E-state index is 11.5. The van der Waals surface area contributed by atoms with Crippen molar-refractivity contribution < 1.29 is 9.53 Å². The first-order valence-corrected chi connectivity index (χ1v) is 6.22. The van der Waals surface area contributed by atoms with Crippen LogP contribution >= 0.6 is 12.2 Å². The third kappa shape index (κ3) is 7.73. The molecule has 0 amide bonds. The zero-order chi connectivity index (χ0) is 12.2. The van der Waals surface area contributed by atoms with Crippen molar-refractivity contribution in [2.75, 3.05) is 19.8 Å². The van der Waals surface area contributed by atoms with E-state index in [9.17, 15) is 4.79 Å². The summed E-state index contributed by atoms with van der Waals surface area (Å²) >= 11 is 4.05. The fourth-order valence-electron chi connectivity index (χ4n) is 1.50. The van der Waals surface area contributed by atoms with Gasteiger partial charge in [-0.05, 0) is 6.42 Å². The number of rotatable bonds is 5. The van der Waals surface area contributed by atoms with E-state index in [4.69, 9.17) is 4.74 Å². The number of hydrogen-bond acceptors (Lipinski definition) is 4. The first-order chi connectivity index (χ1) is 7.76. The Morgan fingerprint density at radius 1 is 1.62 bits per heavy atom. The van der Waals surface area contributed by atoms with Crippen LogP contribution in [0.25, 0.3) is 0 Å². The normalized spacial score (nSPS) is 19.4. The van der Waals surface area contributed by atoms with Crippen molar-refractivity contribution in [3.8, 4) is 0 Å². The van der Waals surface area contributed by atoms with Gasteiger partial charge in [0.05, 0.1) is 24.7 Å². The van der Waals surface area contributed by atoms with Crippen LogP contribution in [-0.4, -0.2) is 37.1 Å². The Labute approximate surface area is 103 Å². The maximum Gasteiger partial charge on any atom is 0.152 e. The summed E-state index contributed by atoms with van der Waals surface area (Å²) in [6.45, 7) is 4.25. The number of carbonyl (C=O) groups excluding carboxylic acids is 1. The highest BCUT2D eigenvalue weighted by Gasteiger charge is 2.19. The van der Waals surface area contributed by atoms with Crippen molar-refractivity contribution >= 4 is 23.5 Å². The van der Waals surface area contributed by atoms with Gasteiger partial charge in [0.1, 0.15) is 0 Å². The molecule has 4 nitrogen and oxygen atoms in total. The summed E-state index contributed by atoms with van der Waals surface area (Å²) in [5.74, 6) is 0.313. The topological polar surface area (TPSA) is 64.3 Å². The van der Waals surface area contributed by atoms with Gasteiger partial charge < -0.3 is 15.8 Å². The molecule has 0 spiro atoms. The van der Waals surface area contributed by atoms with Crippen LogP contribution in [0, 0.1) is 0 Å². The van der Waals surface area contributed by atoms with Gasteiger partial charge in [-0.3, -0.25) is 4.79 Å². The Balaban J connectivity index is 0.000000673. The third-order valence-corrected chi connectivity index (χ3v) is 2.34. The summed E-state index contributed by atoms with van der Waals surface area (Å²) in [4.78, 5) is 11.5. The summed E-state index contributed by atoms with van der Waals surface area (Å²) in [5.41, 5.74) is 5.62. The second-order valence-corrected chi connectivity index (χ2v) is 3.91. The summed E-state index contributed by atoms with van der Waals surface area (Å²) in [5, 5.41) is 3.17. The molecular weight excluding hydrogens is 224 g/mol. The number of carbonyl (C=O) groups is 1. The Hall–Kier alpha value is -0.520. The van der Waals surface area contributed by atoms with E-state index in [2.05, 4.69) is 30.2 Å². The minimum Gasteiger partial charge on any atom is -0.396 e. The number of hydrogen-bond donors (Lipinski definition) is 2. The molecule has 1 aliphatic heterocycles. The molecule has 0 aromatic rings. The fraction of sp³-hybridized carbons (Fsp3) is 0.818.